The molecule has 7 heteroatoms. The summed E-state index contributed by atoms with van der Waals surface area (Å²) in [6.07, 6.45) is 3.58. The molecular formula is C11H10FN3O3. The number of aromatic amines is 1. The lowest BCUT2D eigenvalue weighted by molar-refractivity contribution is 0.360. The van der Waals surface area contributed by atoms with Crippen LogP contribution in [0.2, 0.25) is 0 Å². The number of hydrogen-bond acceptors (Lipinski definition) is 4. The molecule has 0 amide bonds. The fraction of sp³-hybridized carbons (Fsp3) is 0.182. The quantitative estimate of drug-likeness (QED) is 0.804. The highest BCUT2D eigenvalue weighted by molar-refractivity contribution is 5.12. The van der Waals surface area contributed by atoms with E-state index in [1.54, 1.807) is 29.5 Å². The van der Waals surface area contributed by atoms with Gasteiger partial charge in [0, 0.05) is 18.9 Å². The van der Waals surface area contributed by atoms with Crippen molar-refractivity contribution in [2.75, 3.05) is 0 Å². The third-order valence-electron chi connectivity index (χ3n) is 2.49. The number of nitrogens with zero attached hydrogens (tertiary/aromatic N) is 2. The summed E-state index contributed by atoms with van der Waals surface area (Å²) in [6, 6.07) is 3.48. The predicted octanol–water partition coefficient (Wildman–Crippen LogP) is 0.0190. The summed E-state index contributed by atoms with van der Waals surface area (Å²) in [7, 11) is 0. The van der Waals surface area contributed by atoms with E-state index in [1.807, 2.05) is 0 Å². The Balaban J connectivity index is 2.28. The SMILES string of the molecule is O=c1[nH]c(=O)n(CCc2ccncc2)c(O)c1F. The molecule has 0 aromatic carbocycles. The van der Waals surface area contributed by atoms with Gasteiger partial charge in [-0.25, -0.2) is 4.79 Å². The Morgan fingerprint density at radius 1 is 1.33 bits per heavy atom. The van der Waals surface area contributed by atoms with Crippen molar-refractivity contribution < 1.29 is 9.50 Å². The van der Waals surface area contributed by atoms with Crippen LogP contribution in [0.1, 0.15) is 5.56 Å². The highest BCUT2D eigenvalue weighted by atomic mass is 19.1. The molecule has 2 N–H and O–H groups in total. The van der Waals surface area contributed by atoms with Gasteiger partial charge in [-0.2, -0.15) is 4.39 Å². The molecule has 0 aliphatic rings. The van der Waals surface area contributed by atoms with Gasteiger partial charge in [-0.3, -0.25) is 19.3 Å². The van der Waals surface area contributed by atoms with Crippen LogP contribution in [-0.4, -0.2) is 19.6 Å². The Labute approximate surface area is 100 Å². The molecule has 2 rings (SSSR count). The second-order valence-corrected chi connectivity index (χ2v) is 3.65. The Bertz CT molecular complexity index is 663. The highest BCUT2D eigenvalue weighted by Crippen LogP contribution is 2.08. The largest absolute Gasteiger partial charge is 0.492 e. The molecule has 0 atom stereocenters. The minimum Gasteiger partial charge on any atom is -0.492 e. The lowest BCUT2D eigenvalue weighted by Crippen LogP contribution is -2.32. The number of halogens is 1. The molecular weight excluding hydrogens is 241 g/mol. The average Bonchev–Trinajstić information content (AvgIpc) is 2.37. The highest BCUT2D eigenvalue weighted by Gasteiger charge is 2.13. The molecule has 2 heterocycles. The summed E-state index contributed by atoms with van der Waals surface area (Å²) in [5.41, 5.74) is -1.19. The minimum absolute atomic E-state index is 0.0579. The smallest absolute Gasteiger partial charge is 0.331 e. The lowest BCUT2D eigenvalue weighted by Gasteiger charge is -2.07. The number of pyridine rings is 1. The Kier molecular flexibility index (Phi) is 3.22. The molecule has 6 nitrogen and oxygen atoms in total. The van der Waals surface area contributed by atoms with Gasteiger partial charge in [0.05, 0.1) is 0 Å². The zero-order valence-corrected chi connectivity index (χ0v) is 9.26. The van der Waals surface area contributed by atoms with Gasteiger partial charge in [-0.15, -0.1) is 0 Å². The summed E-state index contributed by atoms with van der Waals surface area (Å²) in [5.74, 6) is -2.30. The second kappa shape index (κ2) is 4.82. The monoisotopic (exact) mass is 251 g/mol. The predicted molar refractivity (Wildman–Crippen MR) is 60.9 cm³/mol. The molecule has 2 aromatic heterocycles. The second-order valence-electron chi connectivity index (χ2n) is 3.65. The molecule has 0 unspecified atom stereocenters. The number of rotatable bonds is 3. The maximum atomic E-state index is 13.1. The van der Waals surface area contributed by atoms with Gasteiger partial charge in [0.15, 0.2) is 0 Å². The molecule has 0 bridgehead atoms. The lowest BCUT2D eigenvalue weighted by atomic mass is 10.2. The standard InChI is InChI=1S/C11H10FN3O3/c12-8-9(16)14-11(18)15(10(8)17)6-3-7-1-4-13-5-2-7/h1-2,4-5,17H,3,6H2,(H,14,16,18). The molecule has 0 aliphatic carbocycles. The van der Waals surface area contributed by atoms with Crippen molar-refractivity contribution in [3.05, 3.63) is 56.7 Å². The Hall–Kier alpha value is -2.44. The van der Waals surface area contributed by atoms with Gasteiger partial charge in [0.2, 0.25) is 11.7 Å². The number of aromatic hydroxyl groups is 1. The fourth-order valence-corrected chi connectivity index (χ4v) is 1.53. The van der Waals surface area contributed by atoms with E-state index in [0.717, 1.165) is 10.1 Å². The maximum Gasteiger partial charge on any atom is 0.331 e. The maximum absolute atomic E-state index is 13.1. The van der Waals surface area contributed by atoms with Gasteiger partial charge in [0.25, 0.3) is 5.56 Å². The van der Waals surface area contributed by atoms with Crippen molar-refractivity contribution in [2.24, 2.45) is 0 Å². The number of aryl methyl sites for hydroxylation is 1. The molecule has 0 fully saturated rings. The van der Waals surface area contributed by atoms with Gasteiger partial charge in [-0.1, -0.05) is 0 Å². The topological polar surface area (TPSA) is 88.0 Å². The van der Waals surface area contributed by atoms with Crippen LogP contribution in [-0.2, 0) is 13.0 Å². The summed E-state index contributed by atoms with van der Waals surface area (Å²) < 4.78 is 13.9. The molecule has 0 saturated carbocycles. The summed E-state index contributed by atoms with van der Waals surface area (Å²) >= 11 is 0. The van der Waals surface area contributed by atoms with E-state index in [2.05, 4.69) is 4.98 Å². The summed E-state index contributed by atoms with van der Waals surface area (Å²) in [5, 5.41) is 9.39. The normalized spacial score (nSPS) is 10.5. The minimum atomic E-state index is -1.36. The number of hydrogen-bond donors (Lipinski definition) is 2. The molecule has 0 aliphatic heterocycles. The van der Waals surface area contributed by atoms with Crippen LogP contribution in [0.5, 0.6) is 5.88 Å². The van der Waals surface area contributed by atoms with Gasteiger partial charge >= 0.3 is 5.69 Å². The molecule has 0 radical (unpaired) electrons. The van der Waals surface area contributed by atoms with Crippen LogP contribution in [0.15, 0.2) is 34.1 Å². The van der Waals surface area contributed by atoms with E-state index >= 15 is 0 Å². The van der Waals surface area contributed by atoms with Crippen LogP contribution in [0.4, 0.5) is 4.39 Å². The van der Waals surface area contributed by atoms with E-state index in [1.165, 1.54) is 0 Å². The Morgan fingerprint density at radius 2 is 2.00 bits per heavy atom. The third-order valence-corrected chi connectivity index (χ3v) is 2.49. The third kappa shape index (κ3) is 2.29. The molecule has 0 spiro atoms. The van der Waals surface area contributed by atoms with E-state index in [4.69, 9.17) is 0 Å². The first kappa shape index (κ1) is 12.0. The van der Waals surface area contributed by atoms with Crippen LogP contribution >= 0.6 is 0 Å². The van der Waals surface area contributed by atoms with Gasteiger partial charge in [-0.05, 0) is 24.1 Å². The summed E-state index contributed by atoms with van der Waals surface area (Å²) in [6.45, 7) is 0.0579. The van der Waals surface area contributed by atoms with E-state index in [9.17, 15) is 19.1 Å². The van der Waals surface area contributed by atoms with Gasteiger partial charge in [0.1, 0.15) is 0 Å². The zero-order valence-electron chi connectivity index (χ0n) is 9.26. The van der Waals surface area contributed by atoms with Crippen LogP contribution < -0.4 is 11.2 Å². The molecule has 18 heavy (non-hydrogen) atoms. The molecule has 0 saturated heterocycles. The van der Waals surface area contributed by atoms with Crippen LogP contribution in [0.25, 0.3) is 0 Å². The van der Waals surface area contributed by atoms with Crippen LogP contribution in [0, 0.1) is 5.82 Å². The number of H-pyrrole nitrogens is 1. The van der Waals surface area contributed by atoms with E-state index in [0.29, 0.717) is 6.42 Å². The zero-order chi connectivity index (χ0) is 13.1. The van der Waals surface area contributed by atoms with E-state index in [-0.39, 0.29) is 6.54 Å². The van der Waals surface area contributed by atoms with E-state index < -0.39 is 22.9 Å². The first-order valence-electron chi connectivity index (χ1n) is 5.20. The van der Waals surface area contributed by atoms with Crippen LogP contribution in [0.3, 0.4) is 0 Å². The first-order valence-corrected chi connectivity index (χ1v) is 5.20. The fourth-order valence-electron chi connectivity index (χ4n) is 1.53. The number of nitrogens with one attached hydrogen (secondary N) is 1. The van der Waals surface area contributed by atoms with Crippen molar-refractivity contribution in [3.8, 4) is 5.88 Å². The average molecular weight is 251 g/mol. The first-order chi connectivity index (χ1) is 8.59. The van der Waals surface area contributed by atoms with Crippen molar-refractivity contribution in [1.29, 1.82) is 0 Å². The summed E-state index contributed by atoms with van der Waals surface area (Å²) in [4.78, 5) is 27.9. The van der Waals surface area contributed by atoms with Crippen molar-refractivity contribution in [1.82, 2.24) is 14.5 Å². The van der Waals surface area contributed by atoms with Crippen molar-refractivity contribution in [3.63, 3.8) is 0 Å². The van der Waals surface area contributed by atoms with Crippen molar-refractivity contribution in [2.45, 2.75) is 13.0 Å². The van der Waals surface area contributed by atoms with Gasteiger partial charge < -0.3 is 5.11 Å². The molecule has 2 aromatic rings. The number of aromatic nitrogens is 3. The Morgan fingerprint density at radius 3 is 2.67 bits per heavy atom. The van der Waals surface area contributed by atoms with Crippen molar-refractivity contribution >= 4 is 0 Å². The molecule has 94 valence electrons.